The molecule has 56 valence electrons. The Morgan fingerprint density at radius 3 is 2.00 bits per heavy atom. The van der Waals surface area contributed by atoms with Crippen LogP contribution >= 0.6 is 0 Å². The lowest BCUT2D eigenvalue weighted by Crippen LogP contribution is -2.04. The lowest BCUT2D eigenvalue weighted by molar-refractivity contribution is 0.501. The Morgan fingerprint density at radius 1 is 1.11 bits per heavy atom. The van der Waals surface area contributed by atoms with Gasteiger partial charge in [0.25, 0.3) is 0 Å². The molecule has 0 aliphatic heterocycles. The second kappa shape index (κ2) is 5.00. The second-order valence-corrected chi connectivity index (χ2v) is 4.88. The van der Waals surface area contributed by atoms with E-state index >= 15 is 0 Å². The van der Waals surface area contributed by atoms with Gasteiger partial charge >= 0.3 is 0 Å². The predicted octanol–water partition coefficient (Wildman–Crippen LogP) is 1.13. The molecule has 9 heavy (non-hydrogen) atoms. The maximum Gasteiger partial charge on any atom is 0.0201 e. The molecular weight excluding hydrogens is 128 g/mol. The zero-order valence-corrected chi connectivity index (χ0v) is 7.73. The van der Waals surface area contributed by atoms with Crippen molar-refractivity contribution >= 4 is 9.52 Å². The highest BCUT2D eigenvalue weighted by atomic mass is 28.2. The summed E-state index contributed by atoms with van der Waals surface area (Å²) >= 11 is 0. The second-order valence-electron chi connectivity index (χ2n) is 2.91. The molecule has 1 nitrogen and oxygen atoms in total. The minimum Gasteiger partial charge on any atom is -0.412 e. The van der Waals surface area contributed by atoms with Gasteiger partial charge in [-0.25, -0.2) is 0 Å². The van der Waals surface area contributed by atoms with E-state index in [1.165, 1.54) is 24.8 Å². The van der Waals surface area contributed by atoms with E-state index < -0.39 is 0 Å². The first-order valence-corrected chi connectivity index (χ1v) is 6.16. The Labute approximate surface area is 60.0 Å². The highest BCUT2D eigenvalue weighted by molar-refractivity contribution is 6.35. The number of hydrogen-bond acceptors (Lipinski definition) is 0. The quantitative estimate of drug-likeness (QED) is 0.497. The van der Waals surface area contributed by atoms with Crippen LogP contribution in [-0.2, 0) is 0 Å². The SMILES string of the molecule is C[SiH2]C1CCCCC1.O. The fourth-order valence-electron chi connectivity index (χ4n) is 1.60. The van der Waals surface area contributed by atoms with Crippen molar-refractivity contribution in [2.24, 2.45) is 0 Å². The van der Waals surface area contributed by atoms with Crippen molar-refractivity contribution < 1.29 is 5.48 Å². The molecule has 0 heterocycles. The van der Waals surface area contributed by atoms with Crippen molar-refractivity contribution in [1.82, 2.24) is 0 Å². The molecule has 0 unspecified atom stereocenters. The predicted molar refractivity (Wildman–Crippen MR) is 44.9 cm³/mol. The highest BCUT2D eigenvalue weighted by Gasteiger charge is 2.09. The number of hydrogen-bond donors (Lipinski definition) is 0. The summed E-state index contributed by atoms with van der Waals surface area (Å²) in [5, 5.41) is 0. The third-order valence-electron chi connectivity index (χ3n) is 2.30. The van der Waals surface area contributed by atoms with Crippen LogP contribution in [0.5, 0.6) is 0 Å². The summed E-state index contributed by atoms with van der Waals surface area (Å²) in [5.74, 6) is 0. The first-order chi connectivity index (χ1) is 3.93. The van der Waals surface area contributed by atoms with Gasteiger partial charge in [0.1, 0.15) is 0 Å². The van der Waals surface area contributed by atoms with Crippen molar-refractivity contribution in [3.63, 3.8) is 0 Å². The van der Waals surface area contributed by atoms with Crippen LogP contribution in [0.15, 0.2) is 0 Å². The van der Waals surface area contributed by atoms with E-state index in [1.54, 1.807) is 12.8 Å². The van der Waals surface area contributed by atoms with E-state index in [4.69, 9.17) is 0 Å². The topological polar surface area (TPSA) is 31.5 Å². The van der Waals surface area contributed by atoms with Gasteiger partial charge in [-0.15, -0.1) is 0 Å². The average Bonchev–Trinajstić information content (AvgIpc) is 1.90. The summed E-state index contributed by atoms with van der Waals surface area (Å²) in [6, 6.07) is 0. The van der Waals surface area contributed by atoms with Crippen LogP contribution in [-0.4, -0.2) is 15.0 Å². The van der Waals surface area contributed by atoms with Crippen molar-refractivity contribution in [3.8, 4) is 0 Å². The lowest BCUT2D eigenvalue weighted by atomic mass is 10.0. The summed E-state index contributed by atoms with van der Waals surface area (Å²) < 4.78 is 0. The summed E-state index contributed by atoms with van der Waals surface area (Å²) in [6.45, 7) is 2.45. The average molecular weight is 146 g/mol. The zero-order valence-electron chi connectivity index (χ0n) is 6.32. The molecule has 0 radical (unpaired) electrons. The summed E-state index contributed by atoms with van der Waals surface area (Å²) in [4.78, 5) is 0. The molecule has 2 N–H and O–H groups in total. The molecule has 0 aromatic heterocycles. The van der Waals surface area contributed by atoms with Crippen LogP contribution in [0.4, 0.5) is 0 Å². The maximum atomic E-state index is 2.45. The zero-order chi connectivity index (χ0) is 5.82. The minimum atomic E-state index is 0. The highest BCUT2D eigenvalue weighted by Crippen LogP contribution is 2.27. The molecule has 0 aromatic rings. The minimum absolute atomic E-state index is 0. The van der Waals surface area contributed by atoms with Crippen LogP contribution in [0.1, 0.15) is 32.1 Å². The van der Waals surface area contributed by atoms with E-state index in [9.17, 15) is 0 Å². The van der Waals surface area contributed by atoms with E-state index in [1.807, 2.05) is 0 Å². The first kappa shape index (κ1) is 9.18. The normalized spacial score (nSPS) is 22.3. The molecular formula is C7H18OSi. The van der Waals surface area contributed by atoms with Crippen molar-refractivity contribution in [3.05, 3.63) is 0 Å². The summed E-state index contributed by atoms with van der Waals surface area (Å²) in [7, 11) is 0.368. The van der Waals surface area contributed by atoms with E-state index in [0.29, 0.717) is 9.52 Å². The van der Waals surface area contributed by atoms with Crippen LogP contribution < -0.4 is 0 Å². The van der Waals surface area contributed by atoms with Gasteiger partial charge < -0.3 is 5.48 Å². The van der Waals surface area contributed by atoms with Crippen LogP contribution in [0.25, 0.3) is 0 Å². The molecule has 1 aliphatic rings. The molecule has 0 atom stereocenters. The van der Waals surface area contributed by atoms with Gasteiger partial charge in [0.15, 0.2) is 0 Å². The van der Waals surface area contributed by atoms with Gasteiger partial charge in [0.05, 0.1) is 0 Å². The van der Waals surface area contributed by atoms with Gasteiger partial charge in [-0.1, -0.05) is 44.2 Å². The lowest BCUT2D eigenvalue weighted by Gasteiger charge is -2.18. The Hall–Kier alpha value is 0.177. The smallest absolute Gasteiger partial charge is 0.0201 e. The maximum absolute atomic E-state index is 2.45. The van der Waals surface area contributed by atoms with Crippen LogP contribution in [0, 0.1) is 0 Å². The van der Waals surface area contributed by atoms with Gasteiger partial charge in [-0.2, -0.15) is 0 Å². The van der Waals surface area contributed by atoms with E-state index in [2.05, 4.69) is 6.55 Å². The third-order valence-corrected chi connectivity index (χ3v) is 4.27. The Kier molecular flexibility index (Phi) is 5.10. The standard InChI is InChI=1S/C7H16Si.H2O/c1-8-7-5-3-2-4-6-7;/h7H,2-6,8H2,1H3;1H2. The van der Waals surface area contributed by atoms with E-state index in [-0.39, 0.29) is 5.48 Å². The third kappa shape index (κ3) is 3.01. The summed E-state index contributed by atoms with van der Waals surface area (Å²) in [6.07, 6.45) is 7.73. The Morgan fingerprint density at radius 2 is 1.67 bits per heavy atom. The molecule has 0 aromatic carbocycles. The van der Waals surface area contributed by atoms with Gasteiger partial charge in [0, 0.05) is 9.52 Å². The monoisotopic (exact) mass is 146 g/mol. The van der Waals surface area contributed by atoms with Gasteiger partial charge in [0.2, 0.25) is 0 Å². The van der Waals surface area contributed by atoms with Crippen LogP contribution in [0.3, 0.4) is 0 Å². The molecule has 1 fully saturated rings. The van der Waals surface area contributed by atoms with Gasteiger partial charge in [-0.3, -0.25) is 0 Å². The fourth-order valence-corrected chi connectivity index (χ4v) is 2.99. The first-order valence-electron chi connectivity index (χ1n) is 3.93. The van der Waals surface area contributed by atoms with Gasteiger partial charge in [-0.05, 0) is 0 Å². The molecule has 0 bridgehead atoms. The Balaban J connectivity index is 0.000000640. The molecule has 2 heteroatoms. The largest absolute Gasteiger partial charge is 0.412 e. The van der Waals surface area contributed by atoms with E-state index in [0.717, 1.165) is 0 Å². The fraction of sp³-hybridized carbons (Fsp3) is 1.00. The number of rotatable bonds is 1. The van der Waals surface area contributed by atoms with Crippen molar-refractivity contribution in [1.29, 1.82) is 0 Å². The molecule has 0 spiro atoms. The molecule has 1 rings (SSSR count). The van der Waals surface area contributed by atoms with Crippen molar-refractivity contribution in [2.75, 3.05) is 0 Å². The molecule has 0 amide bonds. The van der Waals surface area contributed by atoms with Crippen LogP contribution in [0.2, 0.25) is 12.1 Å². The van der Waals surface area contributed by atoms with Crippen molar-refractivity contribution in [2.45, 2.75) is 44.2 Å². The molecule has 1 saturated carbocycles. The summed E-state index contributed by atoms with van der Waals surface area (Å²) in [5.41, 5.74) is 1.23. The molecule has 0 saturated heterocycles. The Bertz CT molecular complexity index is 59.9. The molecule has 1 aliphatic carbocycles.